The lowest BCUT2D eigenvalue weighted by atomic mass is 10.0. The molecule has 4 heterocycles. The van der Waals surface area contributed by atoms with Crippen LogP contribution < -0.4 is 16.7 Å². The Morgan fingerprint density at radius 1 is 1.02 bits per heavy atom. The summed E-state index contributed by atoms with van der Waals surface area (Å²) in [6.45, 7) is 6.93. The van der Waals surface area contributed by atoms with Gasteiger partial charge in [-0.05, 0) is 107 Å². The summed E-state index contributed by atoms with van der Waals surface area (Å²) in [6.07, 6.45) is 7.95. The number of likely N-dealkylation sites (tertiary alicyclic amines) is 1. The van der Waals surface area contributed by atoms with Crippen LogP contribution in [-0.2, 0) is 16.6 Å². The lowest BCUT2D eigenvalue weighted by Gasteiger charge is -2.36. The van der Waals surface area contributed by atoms with Crippen molar-refractivity contribution in [3.63, 3.8) is 0 Å². The standard InChI is InChI=1S/C33H43N7O3S/c1-24-5-2-3-18-38(24)19-4-20-40(29-14-16-35-17-15-29)44(42,43)30-12-8-26(9-13-30)31-21-27-23-39(33(41)37-32(27)36-31)28-10-6-25(22-34)7-11-28/h6-13,21,23-24,29,35H,2-5,14-20,22,34H2,1H3,(H,36,37,41). The maximum Gasteiger partial charge on any atom is 0.354 e. The quantitative estimate of drug-likeness (QED) is 0.247. The Hall–Kier alpha value is -3.35. The summed E-state index contributed by atoms with van der Waals surface area (Å²) in [7, 11) is -3.68. The molecule has 2 aromatic carbocycles. The Morgan fingerprint density at radius 2 is 1.77 bits per heavy atom. The summed E-state index contributed by atoms with van der Waals surface area (Å²) in [5.74, 6) is 0. The van der Waals surface area contributed by atoms with E-state index in [4.69, 9.17) is 5.73 Å². The van der Waals surface area contributed by atoms with E-state index in [1.165, 1.54) is 23.8 Å². The lowest BCUT2D eigenvalue weighted by Crippen LogP contribution is -2.47. The molecule has 0 saturated carbocycles. The Balaban J connectivity index is 1.22. The molecule has 6 rings (SSSR count). The van der Waals surface area contributed by atoms with E-state index in [1.807, 2.05) is 42.5 Å². The SMILES string of the molecule is CC1CCCCN1CCCN(C1CCNCC1)S(=O)(=O)c1ccc(-c2cc3cn(-c4ccc(CN)cc4)c(=O)nc3[nH]2)cc1. The van der Waals surface area contributed by atoms with Gasteiger partial charge in [0.1, 0.15) is 5.65 Å². The fourth-order valence-corrected chi connectivity index (χ4v) is 8.31. The molecule has 0 amide bonds. The predicted octanol–water partition coefficient (Wildman–Crippen LogP) is 3.85. The van der Waals surface area contributed by atoms with E-state index >= 15 is 0 Å². The molecule has 0 bridgehead atoms. The number of nitrogens with zero attached hydrogens (tertiary/aromatic N) is 4. The van der Waals surface area contributed by atoms with Crippen molar-refractivity contribution in [3.05, 3.63) is 76.8 Å². The molecular formula is C33H43N7O3S. The van der Waals surface area contributed by atoms with Gasteiger partial charge in [0, 0.05) is 42.5 Å². The average Bonchev–Trinajstić information content (AvgIpc) is 3.47. The van der Waals surface area contributed by atoms with Crippen LogP contribution >= 0.6 is 0 Å². The number of sulfonamides is 1. The van der Waals surface area contributed by atoms with Crippen LogP contribution in [0.3, 0.4) is 0 Å². The van der Waals surface area contributed by atoms with Gasteiger partial charge in [0.2, 0.25) is 10.0 Å². The average molecular weight is 618 g/mol. The Labute approximate surface area is 259 Å². The molecule has 2 aromatic heterocycles. The summed E-state index contributed by atoms with van der Waals surface area (Å²) in [6, 6.07) is 17.0. The van der Waals surface area contributed by atoms with E-state index in [0.717, 1.165) is 67.6 Å². The lowest BCUT2D eigenvalue weighted by molar-refractivity contribution is 0.151. The normalized spacial score (nSPS) is 18.8. The zero-order chi connectivity index (χ0) is 30.7. The maximum atomic E-state index is 14.0. The number of benzene rings is 2. The molecular weight excluding hydrogens is 574 g/mol. The van der Waals surface area contributed by atoms with Crippen LogP contribution in [0.15, 0.2) is 70.5 Å². The van der Waals surface area contributed by atoms with Crippen LogP contribution in [0, 0.1) is 0 Å². The van der Waals surface area contributed by atoms with Crippen molar-refractivity contribution < 1.29 is 8.42 Å². The number of H-pyrrole nitrogens is 1. The summed E-state index contributed by atoms with van der Waals surface area (Å²) in [5, 5.41) is 4.14. The fraction of sp³-hybridized carbons (Fsp3) is 0.455. The molecule has 44 heavy (non-hydrogen) atoms. The first kappa shape index (κ1) is 30.7. The van der Waals surface area contributed by atoms with Crippen molar-refractivity contribution in [2.45, 2.75) is 69.0 Å². The van der Waals surface area contributed by atoms with Crippen LogP contribution in [0.1, 0.15) is 51.0 Å². The van der Waals surface area contributed by atoms with Gasteiger partial charge in [-0.2, -0.15) is 9.29 Å². The molecule has 11 heteroatoms. The van der Waals surface area contributed by atoms with E-state index in [0.29, 0.717) is 35.4 Å². The molecule has 1 atom stereocenters. The van der Waals surface area contributed by atoms with Gasteiger partial charge in [-0.25, -0.2) is 13.2 Å². The zero-order valence-electron chi connectivity index (χ0n) is 25.4. The van der Waals surface area contributed by atoms with E-state index in [2.05, 4.69) is 27.1 Å². The van der Waals surface area contributed by atoms with Gasteiger partial charge < -0.3 is 20.9 Å². The van der Waals surface area contributed by atoms with Gasteiger partial charge >= 0.3 is 5.69 Å². The maximum absolute atomic E-state index is 14.0. The second-order valence-corrected chi connectivity index (χ2v) is 14.0. The van der Waals surface area contributed by atoms with Crippen LogP contribution in [0.2, 0.25) is 0 Å². The second-order valence-electron chi connectivity index (χ2n) is 12.1. The zero-order valence-corrected chi connectivity index (χ0v) is 26.2. The molecule has 2 saturated heterocycles. The number of fused-ring (bicyclic) bond motifs is 1. The minimum atomic E-state index is -3.68. The van der Waals surface area contributed by atoms with E-state index in [-0.39, 0.29) is 11.7 Å². The third-order valence-corrected chi connectivity index (χ3v) is 11.2. The van der Waals surface area contributed by atoms with Gasteiger partial charge in [-0.3, -0.25) is 4.57 Å². The number of aromatic amines is 1. The Bertz CT molecular complexity index is 1730. The number of nitrogens with two attached hydrogens (primary N) is 1. The summed E-state index contributed by atoms with van der Waals surface area (Å²) < 4.78 is 31.4. The van der Waals surface area contributed by atoms with Crippen molar-refractivity contribution in [3.8, 4) is 16.9 Å². The van der Waals surface area contributed by atoms with Gasteiger partial charge in [0.05, 0.1) is 10.6 Å². The summed E-state index contributed by atoms with van der Waals surface area (Å²) in [4.78, 5) is 23.1. The van der Waals surface area contributed by atoms with Crippen molar-refractivity contribution in [1.82, 2.24) is 29.1 Å². The third-order valence-electron chi connectivity index (χ3n) is 9.21. The van der Waals surface area contributed by atoms with E-state index < -0.39 is 10.0 Å². The largest absolute Gasteiger partial charge is 0.354 e. The van der Waals surface area contributed by atoms with Crippen LogP contribution in [-0.4, -0.2) is 77.0 Å². The first-order valence-electron chi connectivity index (χ1n) is 15.8. The molecule has 4 N–H and O–H groups in total. The number of aromatic nitrogens is 3. The molecule has 2 aliphatic rings. The van der Waals surface area contributed by atoms with Crippen molar-refractivity contribution in [1.29, 1.82) is 0 Å². The van der Waals surface area contributed by atoms with Crippen molar-refractivity contribution >= 4 is 21.1 Å². The first-order chi connectivity index (χ1) is 21.3. The molecule has 10 nitrogen and oxygen atoms in total. The number of nitrogens with one attached hydrogen (secondary N) is 2. The topological polar surface area (TPSA) is 129 Å². The molecule has 0 radical (unpaired) electrons. The molecule has 2 aliphatic heterocycles. The third kappa shape index (κ3) is 6.52. The van der Waals surface area contributed by atoms with Gasteiger partial charge in [0.25, 0.3) is 0 Å². The fourth-order valence-electron chi connectivity index (χ4n) is 6.58. The highest BCUT2D eigenvalue weighted by Gasteiger charge is 2.32. The second kappa shape index (κ2) is 13.3. The van der Waals surface area contributed by atoms with Crippen LogP contribution in [0.4, 0.5) is 0 Å². The minimum Gasteiger partial charge on any atom is -0.339 e. The summed E-state index contributed by atoms with van der Waals surface area (Å²) >= 11 is 0. The molecule has 234 valence electrons. The number of rotatable bonds is 10. The minimum absolute atomic E-state index is 0.000946. The molecule has 4 aromatic rings. The predicted molar refractivity (Wildman–Crippen MR) is 174 cm³/mol. The monoisotopic (exact) mass is 617 g/mol. The number of hydrogen-bond donors (Lipinski definition) is 3. The van der Waals surface area contributed by atoms with Crippen molar-refractivity contribution in [2.24, 2.45) is 5.73 Å². The highest BCUT2D eigenvalue weighted by atomic mass is 32.2. The van der Waals surface area contributed by atoms with E-state index in [1.54, 1.807) is 22.6 Å². The Kier molecular flexibility index (Phi) is 9.29. The smallest absolute Gasteiger partial charge is 0.339 e. The van der Waals surface area contributed by atoms with Gasteiger partial charge in [0.15, 0.2) is 0 Å². The summed E-state index contributed by atoms with van der Waals surface area (Å²) in [5.41, 5.74) is 9.08. The number of hydrogen-bond acceptors (Lipinski definition) is 7. The van der Waals surface area contributed by atoms with Gasteiger partial charge in [-0.15, -0.1) is 0 Å². The van der Waals surface area contributed by atoms with Crippen molar-refractivity contribution in [2.75, 3.05) is 32.7 Å². The highest BCUT2D eigenvalue weighted by molar-refractivity contribution is 7.89. The molecule has 0 aliphatic carbocycles. The van der Waals surface area contributed by atoms with Gasteiger partial charge in [-0.1, -0.05) is 30.7 Å². The van der Waals surface area contributed by atoms with Crippen LogP contribution in [0.5, 0.6) is 0 Å². The molecule has 1 unspecified atom stereocenters. The van der Waals surface area contributed by atoms with Crippen LogP contribution in [0.25, 0.3) is 28.0 Å². The first-order valence-corrected chi connectivity index (χ1v) is 17.3. The molecule has 2 fully saturated rings. The molecule has 0 spiro atoms. The number of piperidine rings is 2. The Morgan fingerprint density at radius 3 is 2.48 bits per heavy atom. The van der Waals surface area contributed by atoms with E-state index in [9.17, 15) is 13.2 Å². The highest BCUT2D eigenvalue weighted by Crippen LogP contribution is 2.28.